The van der Waals surface area contributed by atoms with E-state index in [4.69, 9.17) is 4.42 Å². The van der Waals surface area contributed by atoms with Crippen LogP contribution in [0.2, 0.25) is 0 Å². The summed E-state index contributed by atoms with van der Waals surface area (Å²) < 4.78 is 19.6. The Labute approximate surface area is 152 Å². The molecule has 6 heteroatoms. The van der Waals surface area contributed by atoms with Crippen molar-refractivity contribution < 1.29 is 13.6 Å². The Kier molecular flexibility index (Phi) is 5.24. The van der Waals surface area contributed by atoms with Crippen molar-refractivity contribution in [3.05, 3.63) is 70.0 Å². The molecule has 0 radical (unpaired) electrons. The van der Waals surface area contributed by atoms with Crippen molar-refractivity contribution in [1.29, 1.82) is 0 Å². The van der Waals surface area contributed by atoms with E-state index < -0.39 is 0 Å². The van der Waals surface area contributed by atoms with Crippen molar-refractivity contribution in [1.82, 2.24) is 4.98 Å². The summed E-state index contributed by atoms with van der Waals surface area (Å²) in [6.07, 6.45) is 2.26. The van der Waals surface area contributed by atoms with Crippen molar-refractivity contribution in [2.24, 2.45) is 0 Å². The summed E-state index contributed by atoms with van der Waals surface area (Å²) in [5, 5.41) is 2.83. The molecule has 1 heterocycles. The summed E-state index contributed by atoms with van der Waals surface area (Å²) in [5.74, 6) is 0.638. The van der Waals surface area contributed by atoms with Crippen molar-refractivity contribution in [3.63, 3.8) is 0 Å². The quantitative estimate of drug-likeness (QED) is 0.593. The Morgan fingerprint density at radius 3 is 2.54 bits per heavy atom. The molecule has 0 fully saturated rings. The van der Waals surface area contributed by atoms with Crippen molar-refractivity contribution in [2.45, 2.75) is 12.8 Å². The molecule has 4 nitrogen and oxygen atoms in total. The van der Waals surface area contributed by atoms with E-state index in [1.165, 1.54) is 12.1 Å². The number of benzene rings is 2. The van der Waals surface area contributed by atoms with Crippen LogP contribution >= 0.6 is 22.6 Å². The fourth-order valence-corrected chi connectivity index (χ4v) is 2.51. The smallest absolute Gasteiger partial charge is 0.224 e. The highest BCUT2D eigenvalue weighted by molar-refractivity contribution is 14.1. The third-order valence-electron chi connectivity index (χ3n) is 3.38. The van der Waals surface area contributed by atoms with Gasteiger partial charge < -0.3 is 9.73 Å². The number of amides is 1. The number of aromatic nitrogens is 1. The molecule has 0 aliphatic carbocycles. The Bertz CT molecular complexity index is 829. The minimum absolute atomic E-state index is 0.0993. The molecule has 0 atom stereocenters. The molecule has 0 aliphatic rings. The second kappa shape index (κ2) is 7.57. The van der Waals surface area contributed by atoms with E-state index in [1.807, 2.05) is 24.3 Å². The molecule has 0 spiro atoms. The van der Waals surface area contributed by atoms with Crippen molar-refractivity contribution in [3.8, 4) is 11.3 Å². The first kappa shape index (κ1) is 16.6. The molecule has 0 unspecified atom stereocenters. The number of nitrogens with zero attached hydrogens (tertiary/aromatic N) is 1. The fraction of sp³-hybridized carbons (Fsp3) is 0.111. The van der Waals surface area contributed by atoms with Gasteiger partial charge in [-0.25, -0.2) is 9.37 Å². The SMILES string of the molecule is O=C(CCc1ncc(-c2ccc(F)cc2)o1)Nc1ccc(I)cc1. The van der Waals surface area contributed by atoms with Crippen LogP contribution in [0.15, 0.2) is 59.1 Å². The van der Waals surface area contributed by atoms with Gasteiger partial charge >= 0.3 is 0 Å². The van der Waals surface area contributed by atoms with Gasteiger partial charge in [0, 0.05) is 27.7 Å². The van der Waals surface area contributed by atoms with Gasteiger partial charge in [0.2, 0.25) is 5.91 Å². The van der Waals surface area contributed by atoms with Gasteiger partial charge in [-0.05, 0) is 71.1 Å². The standard InChI is InChI=1S/C18H14FIN2O2/c19-13-3-1-12(2-4-13)16-11-21-18(24-16)10-9-17(23)22-15-7-5-14(20)6-8-15/h1-8,11H,9-10H2,(H,22,23). The molecule has 3 aromatic rings. The maximum absolute atomic E-state index is 12.9. The van der Waals surface area contributed by atoms with Gasteiger partial charge in [-0.15, -0.1) is 0 Å². The highest BCUT2D eigenvalue weighted by atomic mass is 127. The number of halogens is 2. The maximum atomic E-state index is 12.9. The first-order valence-corrected chi connectivity index (χ1v) is 8.44. The summed E-state index contributed by atoms with van der Waals surface area (Å²) in [7, 11) is 0. The van der Waals surface area contributed by atoms with Crippen LogP contribution in [0.25, 0.3) is 11.3 Å². The van der Waals surface area contributed by atoms with E-state index in [0.29, 0.717) is 18.1 Å². The first-order valence-electron chi connectivity index (χ1n) is 7.36. The van der Waals surface area contributed by atoms with Gasteiger partial charge in [0.25, 0.3) is 0 Å². The van der Waals surface area contributed by atoms with Crippen molar-refractivity contribution in [2.75, 3.05) is 5.32 Å². The average molecular weight is 436 g/mol. The van der Waals surface area contributed by atoms with E-state index in [9.17, 15) is 9.18 Å². The van der Waals surface area contributed by atoms with Gasteiger partial charge in [0.1, 0.15) is 5.82 Å². The third-order valence-corrected chi connectivity index (χ3v) is 4.10. The topological polar surface area (TPSA) is 55.1 Å². The lowest BCUT2D eigenvalue weighted by Gasteiger charge is -2.04. The molecule has 122 valence electrons. The highest BCUT2D eigenvalue weighted by Crippen LogP contribution is 2.21. The Balaban J connectivity index is 1.56. The molecule has 1 amide bonds. The van der Waals surface area contributed by atoms with Gasteiger partial charge in [-0.2, -0.15) is 0 Å². The number of nitrogens with one attached hydrogen (secondary N) is 1. The Morgan fingerprint density at radius 1 is 1.12 bits per heavy atom. The molecule has 0 aliphatic heterocycles. The Hall–Kier alpha value is -2.22. The van der Waals surface area contributed by atoms with Gasteiger partial charge in [0.15, 0.2) is 11.7 Å². The van der Waals surface area contributed by atoms with Crippen LogP contribution in [0.4, 0.5) is 10.1 Å². The lowest BCUT2D eigenvalue weighted by Crippen LogP contribution is -2.12. The summed E-state index contributed by atoms with van der Waals surface area (Å²) in [4.78, 5) is 16.1. The number of oxazole rings is 1. The molecular formula is C18H14FIN2O2. The van der Waals surface area contributed by atoms with Gasteiger partial charge in [-0.1, -0.05) is 0 Å². The predicted octanol–water partition coefficient (Wildman–Crippen LogP) is 4.66. The van der Waals surface area contributed by atoms with E-state index in [0.717, 1.165) is 14.8 Å². The first-order chi connectivity index (χ1) is 11.6. The molecule has 3 rings (SSSR count). The molecule has 1 N–H and O–H groups in total. The molecule has 0 bridgehead atoms. The summed E-state index contributed by atoms with van der Waals surface area (Å²) >= 11 is 2.21. The number of carbonyl (C=O) groups is 1. The minimum atomic E-state index is -0.300. The van der Waals surface area contributed by atoms with E-state index in [-0.39, 0.29) is 18.1 Å². The lowest BCUT2D eigenvalue weighted by molar-refractivity contribution is -0.116. The molecule has 0 saturated heterocycles. The van der Waals surface area contributed by atoms with Crippen LogP contribution in [0, 0.1) is 9.39 Å². The third kappa shape index (κ3) is 4.41. The van der Waals surface area contributed by atoms with Crippen LogP contribution in [0.1, 0.15) is 12.3 Å². The minimum Gasteiger partial charge on any atom is -0.441 e. The monoisotopic (exact) mass is 436 g/mol. The molecule has 1 aromatic heterocycles. The predicted molar refractivity (Wildman–Crippen MR) is 98.0 cm³/mol. The summed E-state index contributed by atoms with van der Waals surface area (Å²) in [6.45, 7) is 0. The van der Waals surface area contributed by atoms with E-state index in [2.05, 4.69) is 32.9 Å². The maximum Gasteiger partial charge on any atom is 0.224 e. The normalized spacial score (nSPS) is 10.6. The number of rotatable bonds is 5. The largest absolute Gasteiger partial charge is 0.441 e. The van der Waals surface area contributed by atoms with Crippen LogP contribution < -0.4 is 5.32 Å². The Morgan fingerprint density at radius 2 is 1.83 bits per heavy atom. The average Bonchev–Trinajstić information content (AvgIpc) is 3.05. The van der Waals surface area contributed by atoms with Crippen molar-refractivity contribution >= 4 is 34.2 Å². The second-order valence-corrected chi connectivity index (χ2v) is 6.43. The van der Waals surface area contributed by atoms with E-state index >= 15 is 0 Å². The highest BCUT2D eigenvalue weighted by Gasteiger charge is 2.09. The summed E-state index contributed by atoms with van der Waals surface area (Å²) in [6, 6.07) is 13.6. The van der Waals surface area contributed by atoms with Crippen LogP contribution in [0.5, 0.6) is 0 Å². The van der Waals surface area contributed by atoms with E-state index in [1.54, 1.807) is 18.3 Å². The van der Waals surface area contributed by atoms with Crippen LogP contribution in [-0.4, -0.2) is 10.9 Å². The number of carbonyl (C=O) groups excluding carboxylic acids is 1. The van der Waals surface area contributed by atoms with Gasteiger partial charge in [-0.3, -0.25) is 4.79 Å². The number of hydrogen-bond acceptors (Lipinski definition) is 3. The lowest BCUT2D eigenvalue weighted by atomic mass is 10.2. The molecule has 24 heavy (non-hydrogen) atoms. The molecule has 0 saturated carbocycles. The zero-order valence-corrected chi connectivity index (χ0v) is 14.8. The molecule has 2 aromatic carbocycles. The number of aryl methyl sites for hydroxylation is 1. The zero-order valence-electron chi connectivity index (χ0n) is 12.6. The molecular weight excluding hydrogens is 422 g/mol. The van der Waals surface area contributed by atoms with Crippen LogP contribution in [-0.2, 0) is 11.2 Å². The van der Waals surface area contributed by atoms with Crippen LogP contribution in [0.3, 0.4) is 0 Å². The second-order valence-electron chi connectivity index (χ2n) is 5.18. The fourth-order valence-electron chi connectivity index (χ4n) is 2.15. The number of hydrogen-bond donors (Lipinski definition) is 1. The van der Waals surface area contributed by atoms with Gasteiger partial charge in [0.05, 0.1) is 6.20 Å². The summed E-state index contributed by atoms with van der Waals surface area (Å²) in [5.41, 5.74) is 1.51. The number of anilines is 1. The zero-order chi connectivity index (χ0) is 16.9.